The van der Waals surface area contributed by atoms with E-state index >= 15 is 0 Å². The fourth-order valence-electron chi connectivity index (χ4n) is 2.48. The highest BCUT2D eigenvalue weighted by molar-refractivity contribution is 6.05. The third-order valence-electron chi connectivity index (χ3n) is 3.65. The number of carbonyl (C=O) groups excluding carboxylic acids is 1. The molecule has 0 aliphatic rings. The lowest BCUT2D eigenvalue weighted by Gasteiger charge is -2.12. The maximum atomic E-state index is 12.5. The number of carbonyl (C=O) groups is 1. The first-order chi connectivity index (χ1) is 12.1. The maximum absolute atomic E-state index is 12.5. The topological polar surface area (TPSA) is 47.6 Å². The van der Waals surface area contributed by atoms with Crippen molar-refractivity contribution < 1.29 is 23.0 Å². The first-order valence-corrected chi connectivity index (χ1v) is 7.50. The van der Waals surface area contributed by atoms with Crippen LogP contribution in [0.3, 0.4) is 0 Å². The minimum absolute atomic E-state index is 0.127. The molecule has 3 aromatic carbocycles. The number of methoxy groups -OCH3 is 1. The summed E-state index contributed by atoms with van der Waals surface area (Å²) in [4.78, 5) is 12.4. The predicted molar refractivity (Wildman–Crippen MR) is 91.5 cm³/mol. The Morgan fingerprint density at radius 2 is 1.72 bits per heavy atom. The van der Waals surface area contributed by atoms with Gasteiger partial charge in [-0.1, -0.05) is 30.3 Å². The molecule has 3 rings (SSSR count). The van der Waals surface area contributed by atoms with Gasteiger partial charge in [0, 0.05) is 11.3 Å². The molecule has 0 unspecified atom stereocenters. The first-order valence-electron chi connectivity index (χ1n) is 7.50. The summed E-state index contributed by atoms with van der Waals surface area (Å²) in [7, 11) is 1.34. The second kappa shape index (κ2) is 7.17. The fourth-order valence-corrected chi connectivity index (χ4v) is 2.48. The minimum atomic E-state index is -3.01. The van der Waals surface area contributed by atoms with Crippen molar-refractivity contribution in [3.63, 3.8) is 0 Å². The van der Waals surface area contributed by atoms with Crippen LogP contribution in [0.4, 0.5) is 14.5 Å². The van der Waals surface area contributed by atoms with E-state index in [9.17, 15) is 13.6 Å². The summed E-state index contributed by atoms with van der Waals surface area (Å²) in [5.41, 5.74) is 0.792. The average molecular weight is 343 g/mol. The molecule has 1 amide bonds. The normalized spacial score (nSPS) is 10.7. The summed E-state index contributed by atoms with van der Waals surface area (Å²) >= 11 is 0. The molecular weight excluding hydrogens is 328 g/mol. The molecule has 25 heavy (non-hydrogen) atoms. The molecule has 0 saturated heterocycles. The predicted octanol–water partition coefficient (Wildman–Crippen LogP) is 4.70. The summed E-state index contributed by atoms with van der Waals surface area (Å²) in [5.74, 6) is -0.497. The van der Waals surface area contributed by atoms with Crippen molar-refractivity contribution in [3.05, 3.63) is 66.2 Å². The van der Waals surface area contributed by atoms with E-state index < -0.39 is 12.5 Å². The molecule has 0 bridgehead atoms. The van der Waals surface area contributed by atoms with Crippen LogP contribution >= 0.6 is 0 Å². The van der Waals surface area contributed by atoms with Crippen molar-refractivity contribution in [1.29, 1.82) is 0 Å². The molecule has 0 radical (unpaired) electrons. The molecule has 6 heteroatoms. The number of benzene rings is 3. The number of hydrogen-bond donors (Lipinski definition) is 1. The van der Waals surface area contributed by atoms with Gasteiger partial charge in [-0.2, -0.15) is 8.78 Å². The Hall–Kier alpha value is -3.15. The number of rotatable bonds is 5. The van der Waals surface area contributed by atoms with Gasteiger partial charge >= 0.3 is 6.61 Å². The van der Waals surface area contributed by atoms with Crippen LogP contribution in [-0.2, 0) is 0 Å². The SMILES string of the molecule is COc1ccc(C(=O)Nc2ccc3ccccc3c2)cc1OC(F)F. The summed E-state index contributed by atoms with van der Waals surface area (Å²) in [6, 6.07) is 17.4. The number of amides is 1. The zero-order chi connectivity index (χ0) is 17.8. The number of alkyl halides is 2. The van der Waals surface area contributed by atoms with E-state index in [0.29, 0.717) is 5.69 Å². The van der Waals surface area contributed by atoms with Gasteiger partial charge in [-0.05, 0) is 41.1 Å². The van der Waals surface area contributed by atoms with E-state index in [2.05, 4.69) is 10.1 Å². The number of halogens is 2. The summed E-state index contributed by atoms with van der Waals surface area (Å²) in [6.07, 6.45) is 0. The van der Waals surface area contributed by atoms with Gasteiger partial charge in [-0.3, -0.25) is 4.79 Å². The number of nitrogens with one attached hydrogen (secondary N) is 1. The molecule has 1 N–H and O–H groups in total. The van der Waals surface area contributed by atoms with Crippen LogP contribution in [0.5, 0.6) is 11.5 Å². The molecule has 0 fully saturated rings. The number of fused-ring (bicyclic) bond motifs is 1. The smallest absolute Gasteiger partial charge is 0.387 e. The molecule has 0 spiro atoms. The standard InChI is InChI=1S/C19H15F2NO3/c1-24-16-9-7-14(11-17(16)25-19(20)21)18(23)22-15-8-6-12-4-2-3-5-13(12)10-15/h2-11,19H,1H3,(H,22,23). The second-order valence-corrected chi connectivity index (χ2v) is 5.26. The van der Waals surface area contributed by atoms with Gasteiger partial charge in [0.05, 0.1) is 7.11 Å². The van der Waals surface area contributed by atoms with Gasteiger partial charge in [0.1, 0.15) is 0 Å². The molecule has 0 heterocycles. The Kier molecular flexibility index (Phi) is 4.79. The third kappa shape index (κ3) is 3.85. The molecule has 3 aromatic rings. The van der Waals surface area contributed by atoms with Gasteiger partial charge < -0.3 is 14.8 Å². The lowest BCUT2D eigenvalue weighted by atomic mass is 10.1. The lowest BCUT2D eigenvalue weighted by Crippen LogP contribution is -2.12. The first kappa shape index (κ1) is 16.7. The molecule has 0 saturated carbocycles. The van der Waals surface area contributed by atoms with Gasteiger partial charge in [0.25, 0.3) is 5.91 Å². The molecular formula is C19H15F2NO3. The quantitative estimate of drug-likeness (QED) is 0.730. The minimum Gasteiger partial charge on any atom is -0.493 e. The van der Waals surface area contributed by atoms with Gasteiger partial charge in [-0.25, -0.2) is 0 Å². The Morgan fingerprint density at radius 1 is 0.960 bits per heavy atom. The van der Waals surface area contributed by atoms with Crippen LogP contribution in [0, 0.1) is 0 Å². The zero-order valence-electron chi connectivity index (χ0n) is 13.3. The van der Waals surface area contributed by atoms with Crippen LogP contribution in [-0.4, -0.2) is 19.6 Å². The monoisotopic (exact) mass is 343 g/mol. The lowest BCUT2D eigenvalue weighted by molar-refractivity contribution is -0.0512. The van der Waals surface area contributed by atoms with Crippen molar-refractivity contribution in [2.75, 3.05) is 12.4 Å². The number of hydrogen-bond acceptors (Lipinski definition) is 3. The Labute approximate surface area is 143 Å². The summed E-state index contributed by atoms with van der Waals surface area (Å²) < 4.78 is 34.3. The van der Waals surface area contributed by atoms with E-state index in [1.165, 1.54) is 25.3 Å². The fraction of sp³-hybridized carbons (Fsp3) is 0.105. The number of ether oxygens (including phenoxy) is 2. The maximum Gasteiger partial charge on any atom is 0.387 e. The van der Waals surface area contributed by atoms with Gasteiger partial charge in [-0.15, -0.1) is 0 Å². The Morgan fingerprint density at radius 3 is 2.44 bits per heavy atom. The molecule has 4 nitrogen and oxygen atoms in total. The van der Waals surface area contributed by atoms with Crippen LogP contribution < -0.4 is 14.8 Å². The zero-order valence-corrected chi connectivity index (χ0v) is 13.3. The molecule has 0 aliphatic heterocycles. The van der Waals surface area contributed by atoms with Crippen molar-refractivity contribution in [1.82, 2.24) is 0 Å². The third-order valence-corrected chi connectivity index (χ3v) is 3.65. The van der Waals surface area contributed by atoms with Crippen LogP contribution in [0.2, 0.25) is 0 Å². The van der Waals surface area contributed by atoms with Crippen molar-refractivity contribution in [2.24, 2.45) is 0 Å². The average Bonchev–Trinajstić information content (AvgIpc) is 2.61. The van der Waals surface area contributed by atoms with E-state index in [4.69, 9.17) is 4.74 Å². The van der Waals surface area contributed by atoms with E-state index in [1.54, 1.807) is 6.07 Å². The second-order valence-electron chi connectivity index (χ2n) is 5.26. The molecule has 0 atom stereocenters. The largest absolute Gasteiger partial charge is 0.493 e. The van der Waals surface area contributed by atoms with Crippen LogP contribution in [0.1, 0.15) is 10.4 Å². The highest BCUT2D eigenvalue weighted by Gasteiger charge is 2.15. The highest BCUT2D eigenvalue weighted by Crippen LogP contribution is 2.30. The van der Waals surface area contributed by atoms with E-state index in [0.717, 1.165) is 10.8 Å². The summed E-state index contributed by atoms with van der Waals surface area (Å²) in [6.45, 7) is -3.01. The van der Waals surface area contributed by atoms with Crippen molar-refractivity contribution in [3.8, 4) is 11.5 Å². The Balaban J connectivity index is 1.84. The Bertz CT molecular complexity index is 912. The highest BCUT2D eigenvalue weighted by atomic mass is 19.3. The van der Waals surface area contributed by atoms with Crippen LogP contribution in [0.15, 0.2) is 60.7 Å². The van der Waals surface area contributed by atoms with E-state index in [1.807, 2.05) is 36.4 Å². The molecule has 128 valence electrons. The van der Waals surface area contributed by atoms with Crippen LogP contribution in [0.25, 0.3) is 10.8 Å². The van der Waals surface area contributed by atoms with E-state index in [-0.39, 0.29) is 17.1 Å². The van der Waals surface area contributed by atoms with Gasteiger partial charge in [0.15, 0.2) is 11.5 Å². The van der Waals surface area contributed by atoms with Crippen molar-refractivity contribution >= 4 is 22.4 Å². The van der Waals surface area contributed by atoms with Gasteiger partial charge in [0.2, 0.25) is 0 Å². The molecule has 0 aromatic heterocycles. The summed E-state index contributed by atoms with van der Waals surface area (Å²) in [5, 5.41) is 4.78. The van der Waals surface area contributed by atoms with Crippen molar-refractivity contribution in [2.45, 2.75) is 6.61 Å². The number of anilines is 1. The molecule has 0 aliphatic carbocycles.